The standard InChI is InChI=1S/C25H24O6S2/c1-18-16-20(30-17-25(26)27)12-13-24(18)32-15-14-21(19-8-4-3-5-9-19)22-10-6-7-11-23(22)31-33(2,28)29/h3-14,16H,15,17H2,1-2H3,(H,26,27). The number of hydrogen-bond acceptors (Lipinski definition) is 6. The Balaban J connectivity index is 1.87. The summed E-state index contributed by atoms with van der Waals surface area (Å²) < 4.78 is 34.0. The molecular weight excluding hydrogens is 460 g/mol. The molecule has 0 aliphatic heterocycles. The normalized spacial score (nSPS) is 11.8. The van der Waals surface area contributed by atoms with Crippen molar-refractivity contribution in [3.63, 3.8) is 0 Å². The van der Waals surface area contributed by atoms with Gasteiger partial charge >= 0.3 is 16.1 Å². The second-order valence-electron chi connectivity index (χ2n) is 7.19. The summed E-state index contributed by atoms with van der Waals surface area (Å²) >= 11 is 1.61. The van der Waals surface area contributed by atoms with Gasteiger partial charge in [0.25, 0.3) is 0 Å². The van der Waals surface area contributed by atoms with Crippen LogP contribution in [0.2, 0.25) is 0 Å². The molecule has 0 heterocycles. The summed E-state index contributed by atoms with van der Waals surface area (Å²) in [6, 6.07) is 22.2. The van der Waals surface area contributed by atoms with Gasteiger partial charge in [0.05, 0.1) is 6.26 Å². The van der Waals surface area contributed by atoms with Crippen LogP contribution in [0, 0.1) is 6.92 Å². The van der Waals surface area contributed by atoms with E-state index in [0.717, 1.165) is 27.9 Å². The second-order valence-corrected chi connectivity index (χ2v) is 9.82. The van der Waals surface area contributed by atoms with Crippen molar-refractivity contribution in [3.8, 4) is 11.5 Å². The number of carboxylic acid groups (broad SMARTS) is 1. The topological polar surface area (TPSA) is 89.9 Å². The zero-order chi connectivity index (χ0) is 23.8. The van der Waals surface area contributed by atoms with E-state index >= 15 is 0 Å². The van der Waals surface area contributed by atoms with Gasteiger partial charge in [-0.15, -0.1) is 11.8 Å². The first kappa shape index (κ1) is 24.4. The van der Waals surface area contributed by atoms with E-state index in [4.69, 9.17) is 14.0 Å². The number of thioether (sulfide) groups is 1. The van der Waals surface area contributed by atoms with E-state index in [1.807, 2.05) is 67.6 Å². The first-order chi connectivity index (χ1) is 15.7. The molecule has 3 rings (SSSR count). The fourth-order valence-corrected chi connectivity index (χ4v) is 4.51. The van der Waals surface area contributed by atoms with Crippen LogP contribution in [0.1, 0.15) is 16.7 Å². The van der Waals surface area contributed by atoms with Crippen LogP contribution < -0.4 is 8.92 Å². The number of carbonyl (C=O) groups is 1. The van der Waals surface area contributed by atoms with Gasteiger partial charge in [0.2, 0.25) is 0 Å². The lowest BCUT2D eigenvalue weighted by molar-refractivity contribution is -0.139. The van der Waals surface area contributed by atoms with Gasteiger partial charge in [-0.1, -0.05) is 54.6 Å². The molecule has 0 saturated carbocycles. The molecule has 1 N–H and O–H groups in total. The largest absolute Gasteiger partial charge is 0.482 e. The number of carboxylic acids is 1. The summed E-state index contributed by atoms with van der Waals surface area (Å²) in [6.07, 6.45) is 3.07. The summed E-state index contributed by atoms with van der Waals surface area (Å²) in [5.74, 6) is 0.376. The Morgan fingerprint density at radius 3 is 2.39 bits per heavy atom. The molecule has 172 valence electrons. The van der Waals surface area contributed by atoms with E-state index in [0.29, 0.717) is 17.1 Å². The lowest BCUT2D eigenvalue weighted by Crippen LogP contribution is -2.09. The molecule has 0 unspecified atom stereocenters. The number of para-hydroxylation sites is 1. The molecule has 8 heteroatoms. The maximum Gasteiger partial charge on any atom is 0.341 e. The third-order valence-electron chi connectivity index (χ3n) is 4.54. The molecule has 0 spiro atoms. The molecule has 0 fully saturated rings. The number of aliphatic carboxylic acids is 1. The molecular formula is C25H24O6S2. The highest BCUT2D eigenvalue weighted by molar-refractivity contribution is 7.99. The van der Waals surface area contributed by atoms with Crippen molar-refractivity contribution in [2.75, 3.05) is 18.6 Å². The molecule has 0 amide bonds. The molecule has 0 saturated heterocycles. The van der Waals surface area contributed by atoms with Crippen LogP contribution in [0.4, 0.5) is 0 Å². The number of hydrogen-bond donors (Lipinski definition) is 1. The van der Waals surface area contributed by atoms with E-state index < -0.39 is 16.1 Å². The van der Waals surface area contributed by atoms with Crippen molar-refractivity contribution in [3.05, 3.63) is 95.6 Å². The average molecular weight is 485 g/mol. The van der Waals surface area contributed by atoms with Crippen molar-refractivity contribution < 1.29 is 27.2 Å². The third kappa shape index (κ3) is 7.40. The van der Waals surface area contributed by atoms with Crippen LogP contribution in [0.3, 0.4) is 0 Å². The Morgan fingerprint density at radius 2 is 1.73 bits per heavy atom. The zero-order valence-corrected chi connectivity index (χ0v) is 19.9. The fraction of sp³-hybridized carbons (Fsp3) is 0.160. The zero-order valence-electron chi connectivity index (χ0n) is 18.2. The highest BCUT2D eigenvalue weighted by Crippen LogP contribution is 2.33. The number of ether oxygens (including phenoxy) is 1. The van der Waals surface area contributed by atoms with Crippen molar-refractivity contribution in [1.82, 2.24) is 0 Å². The minimum atomic E-state index is -3.68. The quantitative estimate of drug-likeness (QED) is 0.319. The molecule has 0 bridgehead atoms. The van der Waals surface area contributed by atoms with Crippen LogP contribution >= 0.6 is 11.8 Å². The number of rotatable bonds is 10. The lowest BCUT2D eigenvalue weighted by atomic mass is 9.97. The van der Waals surface area contributed by atoms with E-state index in [1.54, 1.807) is 30.0 Å². The SMILES string of the molecule is Cc1cc(OCC(=O)O)ccc1SCC=C(c1ccccc1)c1ccccc1OS(C)(=O)=O. The smallest absolute Gasteiger partial charge is 0.341 e. The number of benzene rings is 3. The molecule has 0 aromatic heterocycles. The summed E-state index contributed by atoms with van der Waals surface area (Å²) in [5, 5.41) is 8.76. The van der Waals surface area contributed by atoms with Crippen LogP contribution in [-0.4, -0.2) is 38.1 Å². The number of aryl methyl sites for hydroxylation is 1. The minimum Gasteiger partial charge on any atom is -0.482 e. The van der Waals surface area contributed by atoms with Crippen LogP contribution in [0.25, 0.3) is 5.57 Å². The van der Waals surface area contributed by atoms with Gasteiger partial charge in [-0.05, 0) is 47.9 Å². The van der Waals surface area contributed by atoms with Crippen molar-refractivity contribution >= 4 is 33.4 Å². The van der Waals surface area contributed by atoms with E-state index in [9.17, 15) is 13.2 Å². The van der Waals surface area contributed by atoms with Crippen LogP contribution in [-0.2, 0) is 14.9 Å². The van der Waals surface area contributed by atoms with Gasteiger partial charge in [-0.3, -0.25) is 0 Å². The highest BCUT2D eigenvalue weighted by atomic mass is 32.2. The van der Waals surface area contributed by atoms with E-state index in [-0.39, 0.29) is 12.4 Å². The molecule has 0 aliphatic carbocycles. The summed E-state index contributed by atoms with van der Waals surface area (Å²) in [6.45, 7) is 1.55. The molecule has 6 nitrogen and oxygen atoms in total. The van der Waals surface area contributed by atoms with Crippen LogP contribution in [0.15, 0.2) is 83.8 Å². The molecule has 33 heavy (non-hydrogen) atoms. The first-order valence-electron chi connectivity index (χ1n) is 10.1. The van der Waals surface area contributed by atoms with Crippen molar-refractivity contribution in [2.24, 2.45) is 0 Å². The fourth-order valence-electron chi connectivity index (χ4n) is 3.16. The molecule has 0 aliphatic rings. The van der Waals surface area contributed by atoms with Crippen molar-refractivity contribution in [1.29, 1.82) is 0 Å². The predicted molar refractivity (Wildman–Crippen MR) is 130 cm³/mol. The van der Waals surface area contributed by atoms with Crippen LogP contribution in [0.5, 0.6) is 11.5 Å². The Morgan fingerprint density at radius 1 is 1.03 bits per heavy atom. The molecule has 0 atom stereocenters. The molecule has 0 radical (unpaired) electrons. The highest BCUT2D eigenvalue weighted by Gasteiger charge is 2.14. The lowest BCUT2D eigenvalue weighted by Gasteiger charge is -2.14. The maximum atomic E-state index is 11.8. The Bertz CT molecular complexity index is 1250. The average Bonchev–Trinajstić information content (AvgIpc) is 2.77. The van der Waals surface area contributed by atoms with Gasteiger partial charge < -0.3 is 14.0 Å². The monoisotopic (exact) mass is 484 g/mol. The van der Waals surface area contributed by atoms with E-state index in [2.05, 4.69) is 0 Å². The second kappa shape index (κ2) is 11.1. The molecule has 3 aromatic carbocycles. The Kier molecular flexibility index (Phi) is 8.19. The predicted octanol–water partition coefficient (Wildman–Crippen LogP) is 5.02. The Hall–Kier alpha value is -3.23. The summed E-state index contributed by atoms with van der Waals surface area (Å²) in [4.78, 5) is 11.7. The van der Waals surface area contributed by atoms with E-state index in [1.165, 1.54) is 0 Å². The van der Waals surface area contributed by atoms with Crippen molar-refractivity contribution in [2.45, 2.75) is 11.8 Å². The van der Waals surface area contributed by atoms with Gasteiger partial charge in [0.15, 0.2) is 6.61 Å². The minimum absolute atomic E-state index is 0.274. The Labute approximate surface area is 198 Å². The van der Waals surface area contributed by atoms with Gasteiger partial charge in [0.1, 0.15) is 11.5 Å². The summed E-state index contributed by atoms with van der Waals surface area (Å²) in [5.41, 5.74) is 3.46. The van der Waals surface area contributed by atoms with Gasteiger partial charge in [-0.25, -0.2) is 4.79 Å². The van der Waals surface area contributed by atoms with Gasteiger partial charge in [-0.2, -0.15) is 8.42 Å². The summed E-state index contributed by atoms with van der Waals surface area (Å²) in [7, 11) is -3.68. The molecule has 3 aromatic rings. The first-order valence-corrected chi connectivity index (χ1v) is 12.9. The third-order valence-corrected chi connectivity index (χ3v) is 6.12. The maximum absolute atomic E-state index is 11.8. The van der Waals surface area contributed by atoms with Gasteiger partial charge in [0, 0.05) is 16.2 Å².